The van der Waals surface area contributed by atoms with Gasteiger partial charge in [0.05, 0.1) is 0 Å². The van der Waals surface area contributed by atoms with Crippen LogP contribution in [-0.4, -0.2) is 23.2 Å². The van der Waals surface area contributed by atoms with Crippen molar-refractivity contribution in [3.63, 3.8) is 0 Å². The van der Waals surface area contributed by atoms with Gasteiger partial charge in [-0.05, 0) is 56.3 Å². The molecule has 158 valence electrons. The highest BCUT2D eigenvalue weighted by atomic mass is 32.2. The first-order valence-electron chi connectivity index (χ1n) is 11.4. The third-order valence-electron chi connectivity index (χ3n) is 4.61. The summed E-state index contributed by atoms with van der Waals surface area (Å²) in [5, 5.41) is 8.89. The smallest absolute Gasteiger partial charge is 0.108 e. The summed E-state index contributed by atoms with van der Waals surface area (Å²) in [6.07, 6.45) is 21.9. The Kier molecular flexibility index (Phi) is 26.8. The largest absolute Gasteiger partial charge is 0.550 e. The molecule has 0 atom stereocenters. The van der Waals surface area contributed by atoms with E-state index in [9.17, 15) is 0 Å². The van der Waals surface area contributed by atoms with Crippen molar-refractivity contribution in [2.24, 2.45) is 0 Å². The Balaban J connectivity index is 0. The predicted molar refractivity (Wildman–Crippen MR) is 119 cm³/mol. The lowest BCUT2D eigenvalue weighted by Gasteiger charge is -2.09. The molecule has 0 heterocycles. The Hall–Kier alpha value is -0.180. The topological polar surface area (TPSA) is 40.1 Å². The minimum absolute atomic E-state index is 0.759. The van der Waals surface area contributed by atoms with Crippen LogP contribution >= 0.6 is 0 Å². The van der Waals surface area contributed by atoms with Gasteiger partial charge in [-0.2, -0.15) is 0 Å². The van der Waals surface area contributed by atoms with E-state index in [0.717, 1.165) is 17.8 Å². The number of carbonyl (C=O) groups excluding carboxylic acids is 1. The van der Waals surface area contributed by atoms with Crippen LogP contribution in [0, 0.1) is 0 Å². The van der Waals surface area contributed by atoms with Crippen LogP contribution in [0.15, 0.2) is 0 Å². The fourth-order valence-electron chi connectivity index (χ4n) is 3.04. The van der Waals surface area contributed by atoms with E-state index in [4.69, 9.17) is 9.90 Å². The first-order valence-corrected chi connectivity index (χ1v) is 13.1. The van der Waals surface area contributed by atoms with E-state index in [1.54, 1.807) is 17.3 Å². The van der Waals surface area contributed by atoms with Gasteiger partial charge in [0.25, 0.3) is 0 Å². The molecular weight excluding hydrogens is 340 g/mol. The molecule has 0 bridgehead atoms. The molecule has 0 saturated carbocycles. The van der Waals surface area contributed by atoms with E-state index in [-0.39, 0.29) is 0 Å². The van der Waals surface area contributed by atoms with Crippen molar-refractivity contribution in [1.29, 1.82) is 0 Å². The molecule has 0 amide bonds. The molecule has 0 spiro atoms. The standard InChI is InChI=1S/C21H45S.C2H4O2/c1-4-7-10-13-16-19-22(20-17-14-11-8-5-2)21-18-15-12-9-6-3;1-2(3)4/h4-21H2,1-3H3;1H3,(H,3,4)/q+1;/p-1. The van der Waals surface area contributed by atoms with Crippen molar-refractivity contribution in [2.45, 2.75) is 124 Å². The number of carboxylic acid groups (broad SMARTS) is 1. The van der Waals surface area contributed by atoms with Crippen molar-refractivity contribution in [3.05, 3.63) is 0 Å². The van der Waals surface area contributed by atoms with Crippen molar-refractivity contribution in [1.82, 2.24) is 0 Å². The fourth-order valence-corrected chi connectivity index (χ4v) is 5.48. The maximum atomic E-state index is 8.89. The molecule has 26 heavy (non-hydrogen) atoms. The molecule has 0 fully saturated rings. The van der Waals surface area contributed by atoms with E-state index in [2.05, 4.69) is 20.8 Å². The average molecular weight is 389 g/mol. The fraction of sp³-hybridized carbons (Fsp3) is 0.957. The molecule has 0 aliphatic rings. The zero-order chi connectivity index (χ0) is 19.9. The summed E-state index contributed by atoms with van der Waals surface area (Å²) in [5.74, 6) is 3.56. The van der Waals surface area contributed by atoms with E-state index in [1.165, 1.54) is 96.3 Å². The van der Waals surface area contributed by atoms with E-state index < -0.39 is 5.97 Å². The second-order valence-electron chi connectivity index (χ2n) is 7.46. The van der Waals surface area contributed by atoms with Gasteiger partial charge < -0.3 is 9.90 Å². The van der Waals surface area contributed by atoms with Gasteiger partial charge in [-0.3, -0.25) is 0 Å². The number of hydrogen-bond donors (Lipinski definition) is 0. The average Bonchev–Trinajstić information content (AvgIpc) is 2.60. The molecule has 0 aliphatic carbocycles. The molecule has 0 aromatic rings. The molecular formula is C23H48O2S. The van der Waals surface area contributed by atoms with Crippen LogP contribution in [0.3, 0.4) is 0 Å². The van der Waals surface area contributed by atoms with Gasteiger partial charge >= 0.3 is 0 Å². The molecule has 2 nitrogen and oxygen atoms in total. The van der Waals surface area contributed by atoms with E-state index in [1.807, 2.05) is 0 Å². The highest BCUT2D eigenvalue weighted by Crippen LogP contribution is 2.13. The lowest BCUT2D eigenvalue weighted by molar-refractivity contribution is -0.302. The normalized spacial score (nSPS) is 10.7. The van der Waals surface area contributed by atoms with Gasteiger partial charge in [0.2, 0.25) is 0 Å². The number of unbranched alkanes of at least 4 members (excludes halogenated alkanes) is 12. The van der Waals surface area contributed by atoms with Gasteiger partial charge in [-0.15, -0.1) is 0 Å². The first kappa shape index (κ1) is 28.0. The number of carbonyl (C=O) groups is 1. The van der Waals surface area contributed by atoms with E-state index >= 15 is 0 Å². The Morgan fingerprint density at radius 3 is 1.04 bits per heavy atom. The quantitative estimate of drug-likeness (QED) is 0.205. The maximum absolute atomic E-state index is 8.89. The second-order valence-corrected chi connectivity index (χ2v) is 9.91. The third kappa shape index (κ3) is 28.6. The summed E-state index contributed by atoms with van der Waals surface area (Å²) in [4.78, 5) is 8.89. The summed E-state index contributed by atoms with van der Waals surface area (Å²) < 4.78 is 0. The second kappa shape index (κ2) is 24.8. The summed E-state index contributed by atoms with van der Waals surface area (Å²) in [7, 11) is 0.759. The number of hydrogen-bond acceptors (Lipinski definition) is 2. The maximum Gasteiger partial charge on any atom is 0.108 e. The number of aliphatic carboxylic acids is 1. The molecule has 0 rings (SSSR count). The van der Waals surface area contributed by atoms with Gasteiger partial charge in [0.15, 0.2) is 0 Å². The minimum atomic E-state index is -1.08. The summed E-state index contributed by atoms with van der Waals surface area (Å²) in [6.45, 7) is 7.92. The molecule has 0 radical (unpaired) electrons. The van der Waals surface area contributed by atoms with Crippen LogP contribution in [0.4, 0.5) is 0 Å². The van der Waals surface area contributed by atoms with Gasteiger partial charge in [0.1, 0.15) is 17.3 Å². The van der Waals surface area contributed by atoms with Crippen LogP contribution < -0.4 is 5.11 Å². The lowest BCUT2D eigenvalue weighted by atomic mass is 10.2. The third-order valence-corrected chi connectivity index (χ3v) is 7.21. The number of carboxylic acids is 1. The Bertz CT molecular complexity index is 232. The minimum Gasteiger partial charge on any atom is -0.550 e. The monoisotopic (exact) mass is 388 g/mol. The SMILES string of the molecule is CC(=O)[O-].CCCCCCC[S+](CCCCCCC)CCCCCCC. The zero-order valence-electron chi connectivity index (χ0n) is 18.5. The highest BCUT2D eigenvalue weighted by molar-refractivity contribution is 7.96. The number of rotatable bonds is 18. The van der Waals surface area contributed by atoms with Gasteiger partial charge in [-0.25, -0.2) is 0 Å². The summed E-state index contributed by atoms with van der Waals surface area (Å²) >= 11 is 0. The predicted octanol–water partition coefficient (Wildman–Crippen LogP) is 6.27. The zero-order valence-corrected chi connectivity index (χ0v) is 19.3. The Labute approximate surface area is 168 Å². The molecule has 0 saturated heterocycles. The van der Waals surface area contributed by atoms with E-state index in [0.29, 0.717) is 0 Å². The molecule has 0 N–H and O–H groups in total. The highest BCUT2D eigenvalue weighted by Gasteiger charge is 2.16. The van der Waals surface area contributed by atoms with Crippen LogP contribution in [0.1, 0.15) is 124 Å². The molecule has 3 heteroatoms. The van der Waals surface area contributed by atoms with Crippen LogP contribution in [0.25, 0.3) is 0 Å². The molecule has 0 aromatic heterocycles. The Morgan fingerprint density at radius 1 is 0.577 bits per heavy atom. The van der Waals surface area contributed by atoms with Crippen molar-refractivity contribution in [2.75, 3.05) is 17.3 Å². The lowest BCUT2D eigenvalue weighted by Crippen LogP contribution is -2.17. The first-order chi connectivity index (χ1) is 12.6. The van der Waals surface area contributed by atoms with Crippen LogP contribution in [-0.2, 0) is 15.7 Å². The molecule has 0 aliphatic heterocycles. The van der Waals surface area contributed by atoms with Crippen molar-refractivity contribution < 1.29 is 9.90 Å². The van der Waals surface area contributed by atoms with Crippen molar-refractivity contribution in [3.8, 4) is 0 Å². The van der Waals surface area contributed by atoms with Crippen LogP contribution in [0.5, 0.6) is 0 Å². The molecule has 0 aromatic carbocycles. The van der Waals surface area contributed by atoms with Crippen LogP contribution in [0.2, 0.25) is 0 Å². The van der Waals surface area contributed by atoms with Gasteiger partial charge in [-0.1, -0.05) is 78.6 Å². The summed E-state index contributed by atoms with van der Waals surface area (Å²) in [6, 6.07) is 0. The summed E-state index contributed by atoms with van der Waals surface area (Å²) in [5.41, 5.74) is 0. The van der Waals surface area contributed by atoms with Crippen molar-refractivity contribution >= 4 is 16.9 Å². The Morgan fingerprint density at radius 2 is 0.808 bits per heavy atom. The van der Waals surface area contributed by atoms with Gasteiger partial charge in [0, 0.05) is 5.97 Å². The molecule has 0 unspecified atom stereocenters.